The summed E-state index contributed by atoms with van der Waals surface area (Å²) < 4.78 is 11.7. The zero-order chi connectivity index (χ0) is 45.3. The van der Waals surface area contributed by atoms with E-state index < -0.39 is 70.8 Å². The first kappa shape index (κ1) is 50.3. The van der Waals surface area contributed by atoms with Crippen LogP contribution in [0.25, 0.3) is 0 Å². The molecule has 1 saturated heterocycles. The van der Waals surface area contributed by atoms with Gasteiger partial charge < -0.3 is 30.7 Å². The smallest absolute Gasteiger partial charge is 0.243 e. The van der Waals surface area contributed by atoms with Crippen LogP contribution in [0.15, 0.2) is 60.7 Å². The Kier molecular flexibility index (Phi) is 19.6. The van der Waals surface area contributed by atoms with E-state index in [2.05, 4.69) is 21.3 Å². The zero-order valence-corrected chi connectivity index (χ0v) is 37.1. The Morgan fingerprint density at radius 1 is 0.836 bits per heavy atom. The lowest BCUT2D eigenvalue weighted by atomic mass is 9.84. The van der Waals surface area contributed by atoms with E-state index in [1.807, 2.05) is 95.0 Å². The van der Waals surface area contributed by atoms with Crippen molar-refractivity contribution in [2.45, 2.75) is 98.7 Å². The molecule has 0 radical (unpaired) electrons. The van der Waals surface area contributed by atoms with Crippen molar-refractivity contribution in [3.63, 3.8) is 0 Å². The molecule has 61 heavy (non-hydrogen) atoms. The van der Waals surface area contributed by atoms with Crippen LogP contribution in [0.4, 0.5) is 0 Å². The Bertz CT molecular complexity index is 1710. The fraction of sp³-hybridized carbons (Fsp3) is 0.591. The third-order valence-electron chi connectivity index (χ3n) is 10.8. The number of hydroxylamine groups is 4. The van der Waals surface area contributed by atoms with E-state index in [4.69, 9.17) is 14.3 Å². The van der Waals surface area contributed by atoms with Gasteiger partial charge in [0.2, 0.25) is 36.4 Å². The average Bonchev–Trinajstić information content (AvgIpc) is 3.23. The number of likely N-dealkylation sites (N-methyl/N-ethyl adjacent to an activating group) is 1. The molecule has 3 rings (SSSR count). The Morgan fingerprint density at radius 2 is 1.41 bits per heavy atom. The monoisotopic (exact) mass is 853 g/mol. The Hall–Kier alpha value is -5.10. The van der Waals surface area contributed by atoms with Gasteiger partial charge in [0.05, 0.1) is 43.7 Å². The molecule has 2 aromatic rings. The molecular weight excluding hydrogens is 787 g/mol. The molecule has 17 nitrogen and oxygen atoms in total. The summed E-state index contributed by atoms with van der Waals surface area (Å²) in [4.78, 5) is 86.2. The Labute approximate surface area is 360 Å². The maximum absolute atomic E-state index is 14.0. The van der Waals surface area contributed by atoms with Crippen molar-refractivity contribution in [3.8, 4) is 5.75 Å². The van der Waals surface area contributed by atoms with Crippen molar-refractivity contribution in [1.82, 2.24) is 36.3 Å². The molecule has 17 heteroatoms. The second-order valence-corrected chi connectivity index (χ2v) is 17.5. The molecule has 7 unspecified atom stereocenters. The lowest BCUT2D eigenvalue weighted by Gasteiger charge is -2.38. The van der Waals surface area contributed by atoms with Gasteiger partial charge in [-0.3, -0.25) is 38.9 Å². The molecule has 1 aliphatic rings. The van der Waals surface area contributed by atoms with Crippen molar-refractivity contribution in [1.29, 1.82) is 0 Å². The lowest BCUT2D eigenvalue weighted by Crippen LogP contribution is -2.57. The van der Waals surface area contributed by atoms with Gasteiger partial charge in [0.1, 0.15) is 17.8 Å². The van der Waals surface area contributed by atoms with Gasteiger partial charge in [-0.25, -0.2) is 15.0 Å². The van der Waals surface area contributed by atoms with Crippen LogP contribution >= 0.6 is 0 Å². The van der Waals surface area contributed by atoms with Gasteiger partial charge in [0.15, 0.2) is 6.29 Å². The summed E-state index contributed by atoms with van der Waals surface area (Å²) in [5, 5.41) is 23.0. The molecule has 0 spiro atoms. The number of benzene rings is 2. The minimum atomic E-state index is -0.965. The van der Waals surface area contributed by atoms with Gasteiger partial charge in [-0.15, -0.1) is 0 Å². The number of nitrogens with one attached hydrogen (secondary N) is 4. The highest BCUT2D eigenvalue weighted by Crippen LogP contribution is 2.25. The summed E-state index contributed by atoms with van der Waals surface area (Å²) >= 11 is 0. The molecule has 7 atom stereocenters. The van der Waals surface area contributed by atoms with Crippen molar-refractivity contribution >= 4 is 36.4 Å². The van der Waals surface area contributed by atoms with Gasteiger partial charge in [0, 0.05) is 26.7 Å². The average molecular weight is 854 g/mol. The SMILES string of the molecule is CNC(=O)C(NC(=O)C(Cc1ccccc1)C(C)N(C=O)OC1CN(CCNC(=O)C(NC(=O)C(CCOc2ccccc2)C(C)N(O)C=O)C(C)(C)C)CCO1)C(C)(C)C. The number of hydrogen-bond donors (Lipinski definition) is 5. The zero-order valence-electron chi connectivity index (χ0n) is 37.1. The lowest BCUT2D eigenvalue weighted by molar-refractivity contribution is -0.292. The van der Waals surface area contributed by atoms with Crippen molar-refractivity contribution in [2.24, 2.45) is 22.7 Å². The quantitative estimate of drug-likeness (QED) is 0.0624. The third-order valence-corrected chi connectivity index (χ3v) is 10.8. The Balaban J connectivity index is 1.65. The molecule has 1 aliphatic heterocycles. The van der Waals surface area contributed by atoms with Gasteiger partial charge >= 0.3 is 0 Å². The summed E-state index contributed by atoms with van der Waals surface area (Å²) in [6, 6.07) is 14.9. The first-order chi connectivity index (χ1) is 28.8. The third kappa shape index (κ3) is 15.7. The minimum absolute atomic E-state index is 0.125. The van der Waals surface area contributed by atoms with Gasteiger partial charge in [-0.2, -0.15) is 0 Å². The summed E-state index contributed by atoms with van der Waals surface area (Å²) in [6.45, 7) is 16.0. The van der Waals surface area contributed by atoms with Crippen LogP contribution < -0.4 is 26.0 Å². The van der Waals surface area contributed by atoms with E-state index in [1.54, 1.807) is 26.0 Å². The molecule has 1 fully saturated rings. The fourth-order valence-corrected chi connectivity index (χ4v) is 6.94. The van der Waals surface area contributed by atoms with Crippen molar-refractivity contribution in [3.05, 3.63) is 66.2 Å². The van der Waals surface area contributed by atoms with Crippen LogP contribution in [0.3, 0.4) is 0 Å². The topological polar surface area (TPSA) is 208 Å². The van der Waals surface area contributed by atoms with Crippen LogP contribution in [-0.2, 0) is 44.8 Å². The molecule has 5 N–H and O–H groups in total. The predicted molar refractivity (Wildman–Crippen MR) is 227 cm³/mol. The van der Waals surface area contributed by atoms with Crippen LogP contribution in [0.1, 0.15) is 67.4 Å². The highest BCUT2D eigenvalue weighted by molar-refractivity contribution is 5.90. The number of amides is 6. The van der Waals surface area contributed by atoms with Gasteiger partial charge in [-0.1, -0.05) is 90.1 Å². The highest BCUT2D eigenvalue weighted by atomic mass is 16.8. The molecule has 0 bridgehead atoms. The summed E-state index contributed by atoms with van der Waals surface area (Å²) in [5.74, 6) is -2.79. The van der Waals surface area contributed by atoms with E-state index in [9.17, 15) is 34.0 Å². The molecule has 0 saturated carbocycles. The maximum Gasteiger partial charge on any atom is 0.243 e. The number of para-hydroxylation sites is 1. The van der Waals surface area contributed by atoms with E-state index in [0.29, 0.717) is 30.3 Å². The van der Waals surface area contributed by atoms with E-state index in [1.165, 1.54) is 7.05 Å². The summed E-state index contributed by atoms with van der Waals surface area (Å²) in [7, 11) is 1.51. The number of carbonyl (C=O) groups is 6. The van der Waals surface area contributed by atoms with E-state index in [0.717, 1.165) is 10.6 Å². The number of nitrogens with zero attached hydrogens (tertiary/aromatic N) is 3. The molecule has 1 heterocycles. The highest BCUT2D eigenvalue weighted by Gasteiger charge is 2.39. The Morgan fingerprint density at radius 3 is 1.97 bits per heavy atom. The fourth-order valence-electron chi connectivity index (χ4n) is 6.94. The largest absolute Gasteiger partial charge is 0.494 e. The molecule has 338 valence electrons. The molecule has 0 aromatic heterocycles. The molecule has 0 aliphatic carbocycles. The maximum atomic E-state index is 14.0. The summed E-state index contributed by atoms with van der Waals surface area (Å²) in [5.41, 5.74) is -0.449. The number of rotatable bonds is 23. The van der Waals surface area contributed by atoms with Gasteiger partial charge in [0.25, 0.3) is 0 Å². The normalized spacial score (nSPS) is 17.6. The van der Waals surface area contributed by atoms with Crippen LogP contribution in [0, 0.1) is 22.7 Å². The standard InChI is InChI=1S/C44H67N7O10/c1-30(50(58)28-52)34(20-24-59-33-18-14-11-15-19-33)39(54)48-38(44(6,7)8)42(57)46-21-22-49-23-25-60-36(27-49)61-51(29-53)31(2)35(26-32-16-12-10-13-17-32)40(55)47-37(41(56)45-9)43(3,4)5/h10-19,28-31,34-38,58H,20-27H2,1-9H3,(H,45,56)(H,46,57)(H,47,55)(H,48,54). The number of ether oxygens (including phenoxy) is 2. The molecule has 6 amide bonds. The minimum Gasteiger partial charge on any atom is -0.494 e. The van der Waals surface area contributed by atoms with Crippen molar-refractivity contribution < 1.29 is 48.3 Å². The summed E-state index contributed by atoms with van der Waals surface area (Å²) in [6.07, 6.45) is 0.283. The van der Waals surface area contributed by atoms with Crippen LogP contribution in [0.2, 0.25) is 0 Å². The number of carbonyl (C=O) groups excluding carboxylic acids is 6. The first-order valence-corrected chi connectivity index (χ1v) is 20.8. The number of morpholine rings is 1. The molecular formula is C44H67N7O10. The molecule has 2 aromatic carbocycles. The predicted octanol–water partition coefficient (Wildman–Crippen LogP) is 2.53. The van der Waals surface area contributed by atoms with Crippen LogP contribution in [-0.4, -0.2) is 134 Å². The van der Waals surface area contributed by atoms with Gasteiger partial charge in [-0.05, 0) is 55.2 Å². The second-order valence-electron chi connectivity index (χ2n) is 17.5. The number of hydrogen-bond acceptors (Lipinski definition) is 11. The van der Waals surface area contributed by atoms with Crippen LogP contribution in [0.5, 0.6) is 5.75 Å². The van der Waals surface area contributed by atoms with E-state index in [-0.39, 0.29) is 51.5 Å². The first-order valence-electron chi connectivity index (χ1n) is 20.8. The second kappa shape index (κ2) is 23.8. The van der Waals surface area contributed by atoms with E-state index >= 15 is 0 Å². The van der Waals surface area contributed by atoms with Crippen molar-refractivity contribution in [2.75, 3.05) is 46.4 Å².